The molecule has 0 spiro atoms. The maximum atomic E-state index is 5.82. The predicted octanol–water partition coefficient (Wildman–Crippen LogP) is 5.84. The Morgan fingerprint density at radius 3 is 2.15 bits per heavy atom. The highest BCUT2D eigenvalue weighted by atomic mass is 32.1. The number of hydrogen-bond donors (Lipinski definition) is 2. The van der Waals surface area contributed by atoms with Crippen LogP contribution in [0.25, 0.3) is 0 Å². The van der Waals surface area contributed by atoms with Gasteiger partial charge in [0.1, 0.15) is 11.6 Å². The van der Waals surface area contributed by atoms with Crippen molar-refractivity contribution in [3.63, 3.8) is 0 Å². The van der Waals surface area contributed by atoms with Gasteiger partial charge in [0.25, 0.3) is 0 Å². The van der Waals surface area contributed by atoms with Crippen molar-refractivity contribution in [3.8, 4) is 0 Å². The summed E-state index contributed by atoms with van der Waals surface area (Å²) in [5.74, 6) is 3.21. The van der Waals surface area contributed by atoms with Gasteiger partial charge in [-0.2, -0.15) is 9.97 Å². The number of benzene rings is 2. The number of rotatable bonds is 7. The van der Waals surface area contributed by atoms with Gasteiger partial charge >= 0.3 is 0 Å². The summed E-state index contributed by atoms with van der Waals surface area (Å²) in [7, 11) is 0. The maximum Gasteiger partial charge on any atom is 0.232 e. The second-order valence-corrected chi connectivity index (χ2v) is 12.5. The molecule has 7 nitrogen and oxygen atoms in total. The summed E-state index contributed by atoms with van der Waals surface area (Å²) in [6.45, 7) is 8.99. The second-order valence-electron chi connectivity index (χ2n) is 12.1. The minimum Gasteiger partial charge on any atom is -0.368 e. The van der Waals surface area contributed by atoms with Gasteiger partial charge < -0.3 is 25.3 Å². The van der Waals surface area contributed by atoms with Gasteiger partial charge in [0, 0.05) is 63.0 Å². The molecular formula is C33H43N7S. The molecule has 8 heteroatoms. The molecule has 2 aromatic carbocycles. The van der Waals surface area contributed by atoms with E-state index in [2.05, 4.69) is 99.0 Å². The Kier molecular flexibility index (Phi) is 8.56. The van der Waals surface area contributed by atoms with E-state index in [0.29, 0.717) is 17.0 Å². The van der Waals surface area contributed by atoms with E-state index < -0.39 is 0 Å². The van der Waals surface area contributed by atoms with Crippen LogP contribution in [0.15, 0.2) is 66.7 Å². The van der Waals surface area contributed by atoms with Gasteiger partial charge in [0.15, 0.2) is 5.11 Å². The van der Waals surface area contributed by atoms with Gasteiger partial charge in [0.2, 0.25) is 5.95 Å². The number of nitrogens with zero attached hydrogens (tertiary/aromatic N) is 5. The van der Waals surface area contributed by atoms with Crippen molar-refractivity contribution in [2.75, 3.05) is 65.8 Å². The summed E-state index contributed by atoms with van der Waals surface area (Å²) in [6, 6.07) is 23.8. The number of aromatic nitrogens is 2. The second kappa shape index (κ2) is 12.6. The van der Waals surface area contributed by atoms with Crippen LogP contribution in [0.3, 0.4) is 0 Å². The van der Waals surface area contributed by atoms with Crippen molar-refractivity contribution in [2.24, 2.45) is 5.92 Å². The molecule has 3 fully saturated rings. The first-order chi connectivity index (χ1) is 20.1. The molecule has 1 aliphatic carbocycles. The van der Waals surface area contributed by atoms with Crippen LogP contribution in [0.2, 0.25) is 0 Å². The fraction of sp³-hybridized carbons (Fsp3) is 0.485. The van der Waals surface area contributed by atoms with Crippen molar-refractivity contribution < 1.29 is 0 Å². The zero-order chi connectivity index (χ0) is 28.1. The van der Waals surface area contributed by atoms with Crippen molar-refractivity contribution in [3.05, 3.63) is 72.3 Å². The highest BCUT2D eigenvalue weighted by molar-refractivity contribution is 7.80. The lowest BCUT2D eigenvalue weighted by molar-refractivity contribution is 0.435. The molecule has 2 N–H and O–H groups in total. The quantitative estimate of drug-likeness (QED) is 0.345. The van der Waals surface area contributed by atoms with Crippen LogP contribution in [0.4, 0.5) is 23.3 Å². The Balaban J connectivity index is 1.17. The van der Waals surface area contributed by atoms with Gasteiger partial charge in [-0.3, -0.25) is 0 Å². The molecule has 1 saturated carbocycles. The largest absolute Gasteiger partial charge is 0.368 e. The number of nitrogens with one attached hydrogen (secondary N) is 2. The van der Waals surface area contributed by atoms with E-state index in [1.54, 1.807) is 0 Å². The Hall–Kier alpha value is -3.39. The van der Waals surface area contributed by atoms with Crippen LogP contribution in [0.1, 0.15) is 51.0 Å². The number of hydrogen-bond acceptors (Lipinski definition) is 6. The van der Waals surface area contributed by atoms with E-state index in [1.165, 1.54) is 49.8 Å². The minimum absolute atomic E-state index is 0.128. The average molecular weight is 570 g/mol. The third-order valence-corrected chi connectivity index (χ3v) is 9.41. The fourth-order valence-electron chi connectivity index (χ4n) is 6.84. The highest BCUT2D eigenvalue weighted by Crippen LogP contribution is 2.40. The SMILES string of the molecule is CC1CCCN(c2cc(N3CCN(c4ccccc4)CC3)nc(NC(=S)NCC3(c4ccccc4)CCCC3)n2)C1. The van der Waals surface area contributed by atoms with Crippen molar-refractivity contribution in [2.45, 2.75) is 50.9 Å². The van der Waals surface area contributed by atoms with E-state index in [9.17, 15) is 0 Å². The van der Waals surface area contributed by atoms with E-state index in [0.717, 1.165) is 57.4 Å². The summed E-state index contributed by atoms with van der Waals surface area (Å²) < 4.78 is 0. The molecular weight excluding hydrogens is 526 g/mol. The Labute approximate surface area is 250 Å². The average Bonchev–Trinajstić information content (AvgIpc) is 3.51. The molecule has 3 aromatic rings. The van der Waals surface area contributed by atoms with Crippen LogP contribution in [-0.4, -0.2) is 60.9 Å². The summed E-state index contributed by atoms with van der Waals surface area (Å²) in [5.41, 5.74) is 2.82. The van der Waals surface area contributed by atoms with Crippen molar-refractivity contribution in [1.82, 2.24) is 15.3 Å². The van der Waals surface area contributed by atoms with E-state index >= 15 is 0 Å². The summed E-state index contributed by atoms with van der Waals surface area (Å²) >= 11 is 5.82. The Morgan fingerprint density at radius 1 is 0.829 bits per heavy atom. The third kappa shape index (κ3) is 6.58. The number of piperazine rings is 1. The number of piperidine rings is 1. The molecule has 0 bridgehead atoms. The zero-order valence-electron chi connectivity index (χ0n) is 24.3. The van der Waals surface area contributed by atoms with Gasteiger partial charge in [-0.05, 0) is 61.5 Å². The molecule has 216 valence electrons. The first-order valence-corrected chi connectivity index (χ1v) is 15.8. The van der Waals surface area contributed by atoms with Crippen LogP contribution in [0.5, 0.6) is 0 Å². The number of anilines is 4. The molecule has 1 aromatic heterocycles. The third-order valence-electron chi connectivity index (χ3n) is 9.16. The highest BCUT2D eigenvalue weighted by Gasteiger charge is 2.35. The first-order valence-electron chi connectivity index (χ1n) is 15.4. The van der Waals surface area contributed by atoms with Gasteiger partial charge in [-0.1, -0.05) is 68.3 Å². The monoisotopic (exact) mass is 569 g/mol. The lowest BCUT2D eigenvalue weighted by atomic mass is 9.79. The summed E-state index contributed by atoms with van der Waals surface area (Å²) in [5, 5.41) is 7.52. The molecule has 0 radical (unpaired) electrons. The lowest BCUT2D eigenvalue weighted by Crippen LogP contribution is -2.47. The minimum atomic E-state index is 0.128. The Morgan fingerprint density at radius 2 is 1.46 bits per heavy atom. The normalized spacial score (nSPS) is 20.6. The van der Waals surface area contributed by atoms with Crippen LogP contribution in [0, 0.1) is 5.92 Å². The molecule has 1 unspecified atom stereocenters. The van der Waals surface area contributed by atoms with E-state index in [-0.39, 0.29) is 5.41 Å². The zero-order valence-corrected chi connectivity index (χ0v) is 25.1. The summed E-state index contributed by atoms with van der Waals surface area (Å²) in [4.78, 5) is 17.2. The molecule has 1 atom stereocenters. The fourth-order valence-corrected chi connectivity index (χ4v) is 7.00. The van der Waals surface area contributed by atoms with Crippen molar-refractivity contribution in [1.29, 1.82) is 0 Å². The van der Waals surface area contributed by atoms with Crippen LogP contribution in [-0.2, 0) is 5.41 Å². The molecule has 2 aliphatic heterocycles. The topological polar surface area (TPSA) is 59.6 Å². The Bertz CT molecular complexity index is 1290. The van der Waals surface area contributed by atoms with Gasteiger partial charge in [0.05, 0.1) is 0 Å². The molecule has 41 heavy (non-hydrogen) atoms. The number of para-hydroxylation sites is 1. The van der Waals surface area contributed by atoms with Gasteiger partial charge in [-0.15, -0.1) is 0 Å². The lowest BCUT2D eigenvalue weighted by Gasteiger charge is -2.37. The standard InChI is InChI=1S/C33H43N7S/c1-26-11-10-18-40(24-26)30-23-29(39-21-19-38(20-22-39)28-14-6-3-7-15-28)35-31(36-30)37-32(41)34-25-33(16-8-9-17-33)27-12-4-2-5-13-27/h2-7,12-15,23,26H,8-11,16-22,24-25H2,1H3,(H2,34,35,36,37,41). The number of thiocarbonyl (C=S) groups is 1. The molecule has 0 amide bonds. The summed E-state index contributed by atoms with van der Waals surface area (Å²) in [6.07, 6.45) is 7.36. The maximum absolute atomic E-state index is 5.82. The predicted molar refractivity (Wildman–Crippen MR) is 174 cm³/mol. The van der Waals surface area contributed by atoms with Crippen LogP contribution >= 0.6 is 12.2 Å². The van der Waals surface area contributed by atoms with E-state index in [1.807, 2.05) is 0 Å². The molecule has 3 heterocycles. The first kappa shape index (κ1) is 27.8. The molecule has 6 rings (SSSR count). The molecule has 2 saturated heterocycles. The van der Waals surface area contributed by atoms with Gasteiger partial charge in [-0.25, -0.2) is 0 Å². The smallest absolute Gasteiger partial charge is 0.232 e. The molecule has 3 aliphatic rings. The van der Waals surface area contributed by atoms with Crippen LogP contribution < -0.4 is 25.3 Å². The van der Waals surface area contributed by atoms with Crippen molar-refractivity contribution >= 4 is 40.6 Å². The van der Waals surface area contributed by atoms with E-state index in [4.69, 9.17) is 22.2 Å².